The lowest BCUT2D eigenvalue weighted by Crippen LogP contribution is -2.32. The molecular formula is C18H18ClN. The Hall–Kier alpha value is -1.47. The van der Waals surface area contributed by atoms with E-state index in [0.29, 0.717) is 6.04 Å². The molecule has 20 heavy (non-hydrogen) atoms. The molecule has 1 nitrogen and oxygen atoms in total. The molecule has 2 heteroatoms. The third-order valence-electron chi connectivity index (χ3n) is 4.82. The zero-order chi connectivity index (χ0) is 13.7. The van der Waals surface area contributed by atoms with Crippen LogP contribution in [0.2, 0.25) is 5.02 Å². The summed E-state index contributed by atoms with van der Waals surface area (Å²) >= 11 is 6.21. The quantitative estimate of drug-likeness (QED) is 0.705. The fourth-order valence-electron chi connectivity index (χ4n) is 3.79. The molecule has 1 aliphatic heterocycles. The fraction of sp³-hybridized carbons (Fsp3) is 0.333. The van der Waals surface area contributed by atoms with Crippen molar-refractivity contribution >= 4 is 17.3 Å². The second-order valence-electron chi connectivity index (χ2n) is 6.04. The lowest BCUT2D eigenvalue weighted by molar-refractivity contribution is 0.465. The first-order valence-electron chi connectivity index (χ1n) is 7.35. The first kappa shape index (κ1) is 12.3. The highest BCUT2D eigenvalue weighted by Crippen LogP contribution is 2.50. The number of fused-ring (bicyclic) bond motifs is 5. The third-order valence-corrected chi connectivity index (χ3v) is 5.05. The monoisotopic (exact) mass is 283 g/mol. The van der Waals surface area contributed by atoms with Crippen LogP contribution < -0.4 is 4.90 Å². The number of hydrogen-bond acceptors (Lipinski definition) is 1. The summed E-state index contributed by atoms with van der Waals surface area (Å²) in [5.74, 6) is 0.731. The van der Waals surface area contributed by atoms with Crippen molar-refractivity contribution in [2.45, 2.75) is 31.7 Å². The smallest absolute Gasteiger partial charge is 0.0551 e. The van der Waals surface area contributed by atoms with E-state index in [4.69, 9.17) is 11.6 Å². The van der Waals surface area contributed by atoms with Gasteiger partial charge in [0, 0.05) is 17.3 Å². The molecule has 2 atom stereocenters. The minimum absolute atomic E-state index is 0.505. The normalized spacial score (nSPS) is 23.8. The Labute approximate surface area is 125 Å². The van der Waals surface area contributed by atoms with E-state index in [2.05, 4.69) is 48.2 Å². The molecule has 0 saturated carbocycles. The van der Waals surface area contributed by atoms with Gasteiger partial charge in [-0.05, 0) is 61.1 Å². The third kappa shape index (κ3) is 1.84. The van der Waals surface area contributed by atoms with Crippen molar-refractivity contribution in [1.82, 2.24) is 0 Å². The minimum atomic E-state index is 0.505. The van der Waals surface area contributed by atoms with Gasteiger partial charge in [0.2, 0.25) is 0 Å². The molecule has 2 aromatic rings. The second kappa shape index (κ2) is 4.53. The Kier molecular flexibility index (Phi) is 2.78. The Morgan fingerprint density at radius 3 is 2.65 bits per heavy atom. The molecule has 1 heterocycles. The van der Waals surface area contributed by atoms with E-state index >= 15 is 0 Å². The number of hydrogen-bond donors (Lipinski definition) is 0. The number of piperidine rings is 1. The second-order valence-corrected chi connectivity index (χ2v) is 6.48. The number of rotatable bonds is 1. The maximum Gasteiger partial charge on any atom is 0.0551 e. The predicted octanol–water partition coefficient (Wildman–Crippen LogP) is 5.09. The van der Waals surface area contributed by atoms with Gasteiger partial charge in [0.1, 0.15) is 0 Å². The molecular weight excluding hydrogens is 266 g/mol. The highest BCUT2D eigenvalue weighted by Gasteiger charge is 2.38. The lowest BCUT2D eigenvalue weighted by Gasteiger charge is -2.35. The van der Waals surface area contributed by atoms with E-state index < -0.39 is 0 Å². The van der Waals surface area contributed by atoms with E-state index in [-0.39, 0.29) is 0 Å². The molecule has 1 saturated heterocycles. The van der Waals surface area contributed by atoms with Crippen LogP contribution in [0.4, 0.5) is 5.69 Å². The van der Waals surface area contributed by atoms with Gasteiger partial charge in [0.25, 0.3) is 0 Å². The zero-order valence-electron chi connectivity index (χ0n) is 11.6. The van der Waals surface area contributed by atoms with Crippen molar-refractivity contribution < 1.29 is 0 Å². The van der Waals surface area contributed by atoms with Crippen molar-refractivity contribution in [2.75, 3.05) is 11.4 Å². The number of halogens is 1. The molecule has 102 valence electrons. The maximum atomic E-state index is 6.21. The van der Waals surface area contributed by atoms with Crippen molar-refractivity contribution in [3.63, 3.8) is 0 Å². The summed E-state index contributed by atoms with van der Waals surface area (Å²) in [6.45, 7) is 3.28. The van der Waals surface area contributed by atoms with Gasteiger partial charge in [0.15, 0.2) is 0 Å². The van der Waals surface area contributed by atoms with Crippen LogP contribution in [0.3, 0.4) is 0 Å². The Bertz CT molecular complexity index is 647. The highest BCUT2D eigenvalue weighted by molar-refractivity contribution is 6.30. The van der Waals surface area contributed by atoms with Crippen LogP contribution in [0.1, 0.15) is 41.5 Å². The molecule has 0 amide bonds. The zero-order valence-corrected chi connectivity index (χ0v) is 12.4. The summed E-state index contributed by atoms with van der Waals surface area (Å²) < 4.78 is 0. The van der Waals surface area contributed by atoms with E-state index in [1.54, 1.807) is 0 Å². The van der Waals surface area contributed by atoms with E-state index in [1.807, 2.05) is 6.07 Å². The molecule has 2 bridgehead atoms. The summed E-state index contributed by atoms with van der Waals surface area (Å²) in [5.41, 5.74) is 5.62. The molecule has 1 unspecified atom stereocenters. The van der Waals surface area contributed by atoms with Crippen LogP contribution >= 0.6 is 11.6 Å². The van der Waals surface area contributed by atoms with Crippen LogP contribution in [-0.4, -0.2) is 6.54 Å². The maximum absolute atomic E-state index is 6.21. The van der Waals surface area contributed by atoms with Crippen molar-refractivity contribution in [3.05, 3.63) is 64.2 Å². The molecule has 1 fully saturated rings. The van der Waals surface area contributed by atoms with Gasteiger partial charge >= 0.3 is 0 Å². The van der Waals surface area contributed by atoms with Crippen LogP contribution in [0.25, 0.3) is 0 Å². The number of nitrogens with zero attached hydrogens (tertiary/aromatic N) is 1. The standard InChI is InChI=1S/C18H18ClN/c1-12-2-5-15(6-3-12)20-9-8-13-10-18(20)17-11-14(19)4-7-16(13)17/h2-7,11,13,18H,8-10H2,1H3/t13?,18-/m1/s1. The molecule has 2 aliphatic rings. The number of benzene rings is 2. The topological polar surface area (TPSA) is 3.24 Å². The van der Waals surface area contributed by atoms with Gasteiger partial charge in [-0.2, -0.15) is 0 Å². The van der Waals surface area contributed by atoms with Gasteiger partial charge in [-0.25, -0.2) is 0 Å². The molecule has 0 aromatic heterocycles. The van der Waals surface area contributed by atoms with Gasteiger partial charge in [-0.3, -0.25) is 0 Å². The summed E-state index contributed by atoms with van der Waals surface area (Å²) in [4.78, 5) is 2.55. The predicted molar refractivity (Wildman–Crippen MR) is 84.7 cm³/mol. The molecule has 2 aromatic carbocycles. The Morgan fingerprint density at radius 2 is 1.85 bits per heavy atom. The van der Waals surface area contributed by atoms with Gasteiger partial charge in [-0.1, -0.05) is 35.4 Å². The molecule has 0 radical (unpaired) electrons. The summed E-state index contributed by atoms with van der Waals surface area (Å²) in [7, 11) is 0. The van der Waals surface area contributed by atoms with Crippen LogP contribution in [0, 0.1) is 6.92 Å². The molecule has 1 aliphatic carbocycles. The van der Waals surface area contributed by atoms with Gasteiger partial charge in [0.05, 0.1) is 6.04 Å². The summed E-state index contributed by atoms with van der Waals surface area (Å²) in [5, 5.41) is 0.861. The number of anilines is 1. The van der Waals surface area contributed by atoms with Gasteiger partial charge in [-0.15, -0.1) is 0 Å². The lowest BCUT2D eigenvalue weighted by atomic mass is 9.95. The number of aryl methyl sites for hydroxylation is 1. The Morgan fingerprint density at radius 1 is 1.05 bits per heavy atom. The van der Waals surface area contributed by atoms with E-state index in [9.17, 15) is 0 Å². The van der Waals surface area contributed by atoms with E-state index in [1.165, 1.54) is 35.2 Å². The van der Waals surface area contributed by atoms with Crippen molar-refractivity contribution in [1.29, 1.82) is 0 Å². The van der Waals surface area contributed by atoms with Crippen LogP contribution in [0.5, 0.6) is 0 Å². The van der Waals surface area contributed by atoms with E-state index in [0.717, 1.165) is 17.5 Å². The first-order valence-corrected chi connectivity index (χ1v) is 7.73. The average molecular weight is 284 g/mol. The van der Waals surface area contributed by atoms with Crippen LogP contribution in [0.15, 0.2) is 42.5 Å². The van der Waals surface area contributed by atoms with Gasteiger partial charge < -0.3 is 4.90 Å². The fourth-order valence-corrected chi connectivity index (χ4v) is 3.97. The van der Waals surface area contributed by atoms with Crippen molar-refractivity contribution in [3.8, 4) is 0 Å². The van der Waals surface area contributed by atoms with Crippen LogP contribution in [-0.2, 0) is 0 Å². The minimum Gasteiger partial charge on any atom is -0.364 e. The molecule has 0 N–H and O–H groups in total. The summed E-state index contributed by atoms with van der Waals surface area (Å²) in [6.07, 6.45) is 2.49. The highest BCUT2D eigenvalue weighted by atomic mass is 35.5. The largest absolute Gasteiger partial charge is 0.364 e. The molecule has 4 rings (SSSR count). The SMILES string of the molecule is Cc1ccc(N2CCC3C[C@@H]2c2cc(Cl)ccc23)cc1. The first-order chi connectivity index (χ1) is 9.72. The van der Waals surface area contributed by atoms with Crippen molar-refractivity contribution in [2.24, 2.45) is 0 Å². The Balaban J connectivity index is 1.76. The average Bonchev–Trinajstić information content (AvgIpc) is 2.73. The molecule has 0 spiro atoms. The summed E-state index contributed by atoms with van der Waals surface area (Å²) in [6, 6.07) is 15.9.